The highest BCUT2D eigenvalue weighted by Crippen LogP contribution is 2.19. The lowest BCUT2D eigenvalue weighted by Gasteiger charge is -2.34. The molecule has 2 aromatic rings. The maximum absolute atomic E-state index is 12.6. The molecule has 5 nitrogen and oxygen atoms in total. The zero-order valence-corrected chi connectivity index (χ0v) is 13.2. The number of halogens is 1. The number of piperidine rings is 1. The molecule has 1 saturated heterocycles. The monoisotopic (exact) mass is 320 g/mol. The van der Waals surface area contributed by atoms with Crippen LogP contribution in [0.5, 0.6) is 0 Å². The highest BCUT2D eigenvalue weighted by atomic mass is 35.5. The second-order valence-corrected chi connectivity index (χ2v) is 5.36. The van der Waals surface area contributed by atoms with Crippen LogP contribution in [0.3, 0.4) is 0 Å². The van der Waals surface area contributed by atoms with Gasteiger partial charge in [-0.05, 0) is 37.5 Å². The highest BCUT2D eigenvalue weighted by Gasteiger charge is 2.27. The fourth-order valence-corrected chi connectivity index (χ4v) is 2.82. The molecule has 118 valence electrons. The lowest BCUT2D eigenvalue weighted by atomic mass is 10.0. The van der Waals surface area contributed by atoms with Gasteiger partial charge in [-0.15, -0.1) is 12.4 Å². The van der Waals surface area contributed by atoms with Crippen molar-refractivity contribution in [3.8, 4) is 5.69 Å². The molecule has 1 unspecified atom stereocenters. The molecule has 1 amide bonds. The maximum atomic E-state index is 12.6. The molecule has 0 bridgehead atoms. The van der Waals surface area contributed by atoms with E-state index in [9.17, 15) is 4.79 Å². The van der Waals surface area contributed by atoms with Crippen LogP contribution in [0.1, 0.15) is 29.8 Å². The van der Waals surface area contributed by atoms with E-state index in [-0.39, 0.29) is 24.4 Å². The smallest absolute Gasteiger partial charge is 0.274 e. The van der Waals surface area contributed by atoms with Crippen molar-refractivity contribution in [3.05, 3.63) is 48.3 Å². The third-order valence-corrected chi connectivity index (χ3v) is 3.99. The molecule has 1 aliphatic heterocycles. The Morgan fingerprint density at radius 3 is 2.73 bits per heavy atom. The Morgan fingerprint density at radius 1 is 1.23 bits per heavy atom. The molecular formula is C16H21ClN4O. The van der Waals surface area contributed by atoms with Gasteiger partial charge >= 0.3 is 0 Å². The highest BCUT2D eigenvalue weighted by molar-refractivity contribution is 5.92. The molecule has 1 aromatic carbocycles. The minimum Gasteiger partial charge on any atom is -0.333 e. The van der Waals surface area contributed by atoms with E-state index in [1.54, 1.807) is 10.7 Å². The topological polar surface area (TPSA) is 64.2 Å². The number of nitrogens with two attached hydrogens (primary N) is 1. The van der Waals surface area contributed by atoms with Crippen LogP contribution < -0.4 is 5.73 Å². The lowest BCUT2D eigenvalue weighted by molar-refractivity contribution is 0.0617. The van der Waals surface area contributed by atoms with Crippen LogP contribution in [0.25, 0.3) is 5.69 Å². The van der Waals surface area contributed by atoms with E-state index in [1.807, 2.05) is 41.4 Å². The number of aromatic nitrogens is 2. The van der Waals surface area contributed by atoms with Crippen molar-refractivity contribution in [2.24, 2.45) is 5.73 Å². The number of hydrogen-bond acceptors (Lipinski definition) is 3. The molecule has 1 aromatic heterocycles. The van der Waals surface area contributed by atoms with E-state index in [2.05, 4.69) is 5.10 Å². The molecule has 1 atom stereocenters. The summed E-state index contributed by atoms with van der Waals surface area (Å²) in [6.07, 6.45) is 5.00. The fourth-order valence-electron chi connectivity index (χ4n) is 2.82. The molecule has 2 heterocycles. The number of rotatable bonds is 3. The summed E-state index contributed by atoms with van der Waals surface area (Å²) in [6, 6.07) is 11.7. The van der Waals surface area contributed by atoms with E-state index in [0.29, 0.717) is 12.2 Å². The summed E-state index contributed by atoms with van der Waals surface area (Å²) < 4.78 is 1.73. The summed E-state index contributed by atoms with van der Waals surface area (Å²) in [7, 11) is 0. The van der Waals surface area contributed by atoms with Gasteiger partial charge in [-0.3, -0.25) is 4.79 Å². The third kappa shape index (κ3) is 3.31. The number of para-hydroxylation sites is 1. The summed E-state index contributed by atoms with van der Waals surface area (Å²) in [4.78, 5) is 14.5. The molecule has 6 heteroatoms. The van der Waals surface area contributed by atoms with Gasteiger partial charge in [0.05, 0.1) is 5.69 Å². The average molecular weight is 321 g/mol. The van der Waals surface area contributed by atoms with Crippen molar-refractivity contribution in [2.75, 3.05) is 13.1 Å². The number of carbonyl (C=O) groups is 1. The van der Waals surface area contributed by atoms with Gasteiger partial charge in [-0.25, -0.2) is 4.68 Å². The predicted octanol–water partition coefficient (Wildman–Crippen LogP) is 2.25. The molecule has 0 spiro atoms. The first kappa shape index (κ1) is 16.5. The SMILES string of the molecule is Cl.NCC1CCCCN1C(=O)c1ccn(-c2ccccc2)n1. The lowest BCUT2D eigenvalue weighted by Crippen LogP contribution is -2.47. The van der Waals surface area contributed by atoms with Gasteiger partial charge in [-0.2, -0.15) is 5.10 Å². The van der Waals surface area contributed by atoms with Crippen molar-refractivity contribution in [1.29, 1.82) is 0 Å². The number of nitrogens with zero attached hydrogens (tertiary/aromatic N) is 3. The van der Waals surface area contributed by atoms with Crippen molar-refractivity contribution < 1.29 is 4.79 Å². The van der Waals surface area contributed by atoms with Gasteiger partial charge < -0.3 is 10.6 Å². The number of carbonyl (C=O) groups excluding carboxylic acids is 1. The molecular weight excluding hydrogens is 300 g/mol. The minimum absolute atomic E-state index is 0. The van der Waals surface area contributed by atoms with Gasteiger partial charge in [0.1, 0.15) is 0 Å². The molecule has 22 heavy (non-hydrogen) atoms. The zero-order chi connectivity index (χ0) is 14.7. The molecule has 0 aliphatic carbocycles. The molecule has 1 aliphatic rings. The molecule has 2 N–H and O–H groups in total. The normalized spacial score (nSPS) is 17.9. The summed E-state index contributed by atoms with van der Waals surface area (Å²) in [5.41, 5.74) is 7.22. The largest absolute Gasteiger partial charge is 0.333 e. The maximum Gasteiger partial charge on any atom is 0.274 e. The van der Waals surface area contributed by atoms with Crippen LogP contribution in [-0.4, -0.2) is 39.7 Å². The van der Waals surface area contributed by atoms with Gasteiger partial charge in [0.25, 0.3) is 5.91 Å². The summed E-state index contributed by atoms with van der Waals surface area (Å²) in [5, 5.41) is 4.41. The van der Waals surface area contributed by atoms with Crippen LogP contribution in [-0.2, 0) is 0 Å². The second kappa shape index (κ2) is 7.42. The van der Waals surface area contributed by atoms with E-state index < -0.39 is 0 Å². The van der Waals surface area contributed by atoms with Gasteiger partial charge in [0.2, 0.25) is 0 Å². The quantitative estimate of drug-likeness (QED) is 0.943. The predicted molar refractivity (Wildman–Crippen MR) is 88.5 cm³/mol. The Balaban J connectivity index is 0.00000176. The molecule has 0 radical (unpaired) electrons. The molecule has 1 fully saturated rings. The Hall–Kier alpha value is -1.85. The van der Waals surface area contributed by atoms with Crippen molar-refractivity contribution in [1.82, 2.24) is 14.7 Å². The zero-order valence-electron chi connectivity index (χ0n) is 12.4. The number of amides is 1. The molecule has 3 rings (SSSR count). The Morgan fingerprint density at radius 2 is 2.00 bits per heavy atom. The number of likely N-dealkylation sites (tertiary alicyclic amines) is 1. The van der Waals surface area contributed by atoms with E-state index >= 15 is 0 Å². The van der Waals surface area contributed by atoms with Gasteiger partial charge in [0.15, 0.2) is 5.69 Å². The van der Waals surface area contributed by atoms with Crippen LogP contribution >= 0.6 is 12.4 Å². The van der Waals surface area contributed by atoms with Crippen LogP contribution in [0.15, 0.2) is 42.6 Å². The van der Waals surface area contributed by atoms with Crippen molar-refractivity contribution in [2.45, 2.75) is 25.3 Å². The fraction of sp³-hybridized carbons (Fsp3) is 0.375. The Labute approximate surface area is 136 Å². The number of hydrogen-bond donors (Lipinski definition) is 1. The van der Waals surface area contributed by atoms with Gasteiger partial charge in [-0.1, -0.05) is 18.2 Å². The van der Waals surface area contributed by atoms with E-state index in [4.69, 9.17) is 5.73 Å². The van der Waals surface area contributed by atoms with E-state index in [1.165, 1.54) is 0 Å². The minimum atomic E-state index is -0.0140. The first-order chi connectivity index (χ1) is 10.3. The first-order valence-corrected chi connectivity index (χ1v) is 7.42. The van der Waals surface area contributed by atoms with Gasteiger partial charge in [0, 0.05) is 25.3 Å². The van der Waals surface area contributed by atoms with Crippen LogP contribution in [0.2, 0.25) is 0 Å². The average Bonchev–Trinajstić information content (AvgIpc) is 3.05. The van der Waals surface area contributed by atoms with Crippen LogP contribution in [0, 0.1) is 0 Å². The third-order valence-electron chi connectivity index (χ3n) is 3.99. The summed E-state index contributed by atoms with van der Waals surface area (Å²) in [5.74, 6) is -0.0140. The Bertz CT molecular complexity index is 614. The first-order valence-electron chi connectivity index (χ1n) is 7.42. The summed E-state index contributed by atoms with van der Waals surface area (Å²) >= 11 is 0. The van der Waals surface area contributed by atoms with E-state index in [0.717, 1.165) is 31.5 Å². The molecule has 0 saturated carbocycles. The number of benzene rings is 1. The van der Waals surface area contributed by atoms with Crippen molar-refractivity contribution in [3.63, 3.8) is 0 Å². The van der Waals surface area contributed by atoms with Crippen molar-refractivity contribution >= 4 is 18.3 Å². The second-order valence-electron chi connectivity index (χ2n) is 5.36. The standard InChI is InChI=1S/C16H20N4O.ClH/c17-12-14-8-4-5-10-19(14)16(21)15-9-11-20(18-15)13-6-2-1-3-7-13;/h1-3,6-7,9,11,14H,4-5,8,10,12,17H2;1H. The summed E-state index contributed by atoms with van der Waals surface area (Å²) in [6.45, 7) is 1.30. The van der Waals surface area contributed by atoms with Crippen LogP contribution in [0.4, 0.5) is 0 Å². The Kier molecular flexibility index (Phi) is 5.57.